The number of nitrogens with zero attached hydrogens (tertiary/aromatic N) is 1. The highest BCUT2D eigenvalue weighted by Crippen LogP contribution is 2.28. The normalized spacial score (nSPS) is 11.0. The van der Waals surface area contributed by atoms with E-state index in [2.05, 4.69) is 4.90 Å². The molecule has 124 valence electrons. The second kappa shape index (κ2) is 8.18. The van der Waals surface area contributed by atoms with Crippen molar-refractivity contribution in [1.29, 1.82) is 0 Å². The summed E-state index contributed by atoms with van der Waals surface area (Å²) in [4.78, 5) is 14.3. The minimum absolute atomic E-state index is 0.337. The quantitative estimate of drug-likeness (QED) is 0.709. The first kappa shape index (κ1) is 17.6. The molecule has 1 aromatic heterocycles. The fourth-order valence-corrected chi connectivity index (χ4v) is 2.43. The topological polar surface area (TPSA) is 42.7 Å². The van der Waals surface area contributed by atoms with E-state index in [9.17, 15) is 4.79 Å². The molecule has 0 radical (unpaired) electrons. The number of carbonyl (C=O) groups excluding carboxylic acids is 1. The molecule has 0 fully saturated rings. The van der Waals surface area contributed by atoms with Crippen LogP contribution >= 0.6 is 11.6 Å². The number of furan rings is 1. The minimum atomic E-state index is -0.337. The molecule has 0 saturated carbocycles. The zero-order valence-electron chi connectivity index (χ0n) is 13.8. The second-order valence-electron chi connectivity index (χ2n) is 5.58. The summed E-state index contributed by atoms with van der Waals surface area (Å²) in [5, 5.41) is 0.664. The van der Waals surface area contributed by atoms with E-state index in [-0.39, 0.29) is 5.97 Å². The van der Waals surface area contributed by atoms with E-state index in [1.165, 1.54) is 0 Å². The van der Waals surface area contributed by atoms with Gasteiger partial charge in [-0.25, -0.2) is 4.79 Å². The number of esters is 1. The summed E-state index contributed by atoms with van der Waals surface area (Å²) in [6, 6.07) is 9.11. The highest BCUT2D eigenvalue weighted by atomic mass is 35.5. The van der Waals surface area contributed by atoms with Crippen LogP contribution in [0, 0.1) is 0 Å². The summed E-state index contributed by atoms with van der Waals surface area (Å²) >= 11 is 5.92. The lowest BCUT2D eigenvalue weighted by Crippen LogP contribution is -2.14. The van der Waals surface area contributed by atoms with Gasteiger partial charge in [0.2, 0.25) is 0 Å². The van der Waals surface area contributed by atoms with Gasteiger partial charge in [-0.2, -0.15) is 0 Å². The molecule has 23 heavy (non-hydrogen) atoms. The van der Waals surface area contributed by atoms with Gasteiger partial charge >= 0.3 is 5.97 Å². The Kier molecular flexibility index (Phi) is 6.25. The molecule has 0 amide bonds. The van der Waals surface area contributed by atoms with E-state index in [0.717, 1.165) is 18.5 Å². The Hall–Kier alpha value is -1.78. The lowest BCUT2D eigenvalue weighted by molar-refractivity contribution is 0.0523. The number of ether oxygens (including phenoxy) is 1. The van der Waals surface area contributed by atoms with Gasteiger partial charge in [-0.15, -0.1) is 0 Å². The van der Waals surface area contributed by atoms with Crippen molar-refractivity contribution >= 4 is 17.6 Å². The van der Waals surface area contributed by atoms with E-state index in [1.807, 2.05) is 26.2 Å². The number of halogens is 1. The minimum Gasteiger partial charge on any atom is -0.462 e. The number of rotatable bonds is 7. The third-order valence-corrected chi connectivity index (χ3v) is 3.69. The Morgan fingerprint density at radius 2 is 1.96 bits per heavy atom. The average Bonchev–Trinajstić information content (AvgIpc) is 2.92. The summed E-state index contributed by atoms with van der Waals surface area (Å²) in [5.41, 5.74) is 1.40. The van der Waals surface area contributed by atoms with Gasteiger partial charge in [0.1, 0.15) is 17.1 Å². The first-order chi connectivity index (χ1) is 11.0. The Morgan fingerprint density at radius 3 is 2.57 bits per heavy atom. The van der Waals surface area contributed by atoms with Gasteiger partial charge in [0.05, 0.1) is 6.61 Å². The van der Waals surface area contributed by atoms with E-state index in [1.54, 1.807) is 25.1 Å². The summed E-state index contributed by atoms with van der Waals surface area (Å²) in [7, 11) is 4.04. The first-order valence-electron chi connectivity index (χ1n) is 7.71. The Bertz CT molecular complexity index is 647. The molecule has 1 heterocycles. The Labute approximate surface area is 142 Å². The molecule has 5 heteroatoms. The summed E-state index contributed by atoms with van der Waals surface area (Å²) in [5.74, 6) is 0.996. The lowest BCUT2D eigenvalue weighted by atomic mass is 10.1. The van der Waals surface area contributed by atoms with Crippen LogP contribution in [-0.2, 0) is 11.2 Å². The zero-order valence-corrected chi connectivity index (χ0v) is 14.5. The second-order valence-corrected chi connectivity index (χ2v) is 6.02. The highest BCUT2D eigenvalue weighted by molar-refractivity contribution is 6.30. The van der Waals surface area contributed by atoms with Crippen molar-refractivity contribution in [3.05, 3.63) is 46.7 Å². The lowest BCUT2D eigenvalue weighted by Gasteiger charge is -2.08. The van der Waals surface area contributed by atoms with Crippen LogP contribution < -0.4 is 0 Å². The van der Waals surface area contributed by atoms with Crippen LogP contribution in [0.2, 0.25) is 5.02 Å². The third kappa shape index (κ3) is 4.85. The molecule has 2 aromatic rings. The van der Waals surface area contributed by atoms with Gasteiger partial charge in [-0.3, -0.25) is 0 Å². The van der Waals surface area contributed by atoms with Crippen LogP contribution in [0.1, 0.15) is 29.5 Å². The standard InChI is InChI=1S/C18H22ClNO3/c1-4-22-18(21)15-12-17(13-7-9-14(19)10-8-13)23-16(15)6-5-11-20(2)3/h7-10,12H,4-6,11H2,1-3H3. The van der Waals surface area contributed by atoms with Crippen molar-refractivity contribution in [3.63, 3.8) is 0 Å². The number of benzene rings is 1. The first-order valence-corrected chi connectivity index (χ1v) is 8.09. The van der Waals surface area contributed by atoms with Gasteiger partial charge in [0.25, 0.3) is 0 Å². The van der Waals surface area contributed by atoms with Crippen LogP contribution in [-0.4, -0.2) is 38.1 Å². The molecule has 0 aliphatic rings. The van der Waals surface area contributed by atoms with Crippen molar-refractivity contribution in [2.45, 2.75) is 19.8 Å². The highest BCUT2D eigenvalue weighted by Gasteiger charge is 2.19. The predicted molar refractivity (Wildman–Crippen MR) is 92.0 cm³/mol. The number of hydrogen-bond donors (Lipinski definition) is 0. The van der Waals surface area contributed by atoms with E-state index < -0.39 is 0 Å². The molecule has 0 unspecified atom stereocenters. The number of aryl methyl sites for hydroxylation is 1. The van der Waals surface area contributed by atoms with Crippen LogP contribution in [0.3, 0.4) is 0 Å². The largest absolute Gasteiger partial charge is 0.462 e. The van der Waals surface area contributed by atoms with Crippen molar-refractivity contribution in [3.8, 4) is 11.3 Å². The Morgan fingerprint density at radius 1 is 1.26 bits per heavy atom. The molecule has 0 atom stereocenters. The maximum atomic E-state index is 12.1. The van der Waals surface area contributed by atoms with Crippen LogP contribution in [0.5, 0.6) is 0 Å². The monoisotopic (exact) mass is 335 g/mol. The molecule has 0 spiro atoms. The molecular weight excluding hydrogens is 314 g/mol. The third-order valence-electron chi connectivity index (χ3n) is 3.44. The van der Waals surface area contributed by atoms with Crippen LogP contribution in [0.15, 0.2) is 34.7 Å². The molecule has 0 bridgehead atoms. The molecule has 0 saturated heterocycles. The van der Waals surface area contributed by atoms with Gasteiger partial charge in [0, 0.05) is 17.0 Å². The maximum absolute atomic E-state index is 12.1. The fourth-order valence-electron chi connectivity index (χ4n) is 2.31. The van der Waals surface area contributed by atoms with Crippen LogP contribution in [0.4, 0.5) is 0 Å². The summed E-state index contributed by atoms with van der Waals surface area (Å²) < 4.78 is 11.1. The maximum Gasteiger partial charge on any atom is 0.341 e. The smallest absolute Gasteiger partial charge is 0.341 e. The van der Waals surface area contributed by atoms with E-state index in [4.69, 9.17) is 20.8 Å². The SMILES string of the molecule is CCOC(=O)c1cc(-c2ccc(Cl)cc2)oc1CCCN(C)C. The van der Waals surface area contributed by atoms with Gasteiger partial charge in [0.15, 0.2) is 0 Å². The van der Waals surface area contributed by atoms with E-state index in [0.29, 0.717) is 35.1 Å². The van der Waals surface area contributed by atoms with E-state index >= 15 is 0 Å². The summed E-state index contributed by atoms with van der Waals surface area (Å²) in [6.45, 7) is 3.07. The molecule has 2 rings (SSSR count). The molecule has 4 nitrogen and oxygen atoms in total. The molecule has 0 aliphatic carbocycles. The van der Waals surface area contributed by atoms with Crippen molar-refractivity contribution in [1.82, 2.24) is 4.90 Å². The number of hydrogen-bond acceptors (Lipinski definition) is 4. The zero-order chi connectivity index (χ0) is 16.8. The fraction of sp³-hybridized carbons (Fsp3) is 0.389. The van der Waals surface area contributed by atoms with Gasteiger partial charge in [-0.05, 0) is 64.3 Å². The van der Waals surface area contributed by atoms with Crippen molar-refractivity contribution < 1.29 is 13.9 Å². The molecule has 0 N–H and O–H groups in total. The average molecular weight is 336 g/mol. The van der Waals surface area contributed by atoms with Gasteiger partial charge in [-0.1, -0.05) is 11.6 Å². The Balaban J connectivity index is 2.26. The number of carbonyl (C=O) groups is 1. The van der Waals surface area contributed by atoms with Crippen LogP contribution in [0.25, 0.3) is 11.3 Å². The molecular formula is C18H22ClNO3. The molecule has 0 aliphatic heterocycles. The summed E-state index contributed by atoms with van der Waals surface area (Å²) in [6.07, 6.45) is 1.60. The van der Waals surface area contributed by atoms with Crippen molar-refractivity contribution in [2.75, 3.05) is 27.2 Å². The van der Waals surface area contributed by atoms with Gasteiger partial charge < -0.3 is 14.1 Å². The predicted octanol–water partition coefficient (Wildman–Crippen LogP) is 4.27. The molecule has 1 aromatic carbocycles. The van der Waals surface area contributed by atoms with Crippen molar-refractivity contribution in [2.24, 2.45) is 0 Å².